The average molecular weight is 445 g/mol. The molecule has 0 unspecified atom stereocenters. The summed E-state index contributed by atoms with van der Waals surface area (Å²) < 4.78 is 26.9. The predicted octanol–water partition coefficient (Wildman–Crippen LogP) is 4.35. The number of hydrogen-bond donors (Lipinski definition) is 1. The number of carbonyl (C=O) groups is 1. The Morgan fingerprint density at radius 3 is 2.40 bits per heavy atom. The standard InChI is InChI=1S/C21H24N4O3S2/c1-3-4-6-11-19-23-24-21(29-19)22-20(26)16-12-14-18(15-13-16)30(27,28)25(2)17-9-7-5-8-10-17/h5,7-10,12-15H,3-4,6,11H2,1-2H3,(H,22,24,26). The van der Waals surface area contributed by atoms with Crippen molar-refractivity contribution in [2.45, 2.75) is 37.5 Å². The second-order valence-electron chi connectivity index (χ2n) is 6.74. The van der Waals surface area contributed by atoms with Gasteiger partial charge in [0.05, 0.1) is 10.6 Å². The second-order valence-corrected chi connectivity index (χ2v) is 9.78. The van der Waals surface area contributed by atoms with Gasteiger partial charge < -0.3 is 0 Å². The third kappa shape index (κ3) is 5.22. The summed E-state index contributed by atoms with van der Waals surface area (Å²) in [6, 6.07) is 14.7. The minimum absolute atomic E-state index is 0.111. The number of hydrogen-bond acceptors (Lipinski definition) is 6. The lowest BCUT2D eigenvalue weighted by molar-refractivity contribution is 0.102. The van der Waals surface area contributed by atoms with Gasteiger partial charge in [0.25, 0.3) is 15.9 Å². The number of anilines is 2. The highest BCUT2D eigenvalue weighted by molar-refractivity contribution is 7.92. The van der Waals surface area contributed by atoms with Crippen LogP contribution in [0.2, 0.25) is 0 Å². The fourth-order valence-corrected chi connectivity index (χ4v) is 4.79. The molecule has 0 fully saturated rings. The highest BCUT2D eigenvalue weighted by atomic mass is 32.2. The number of carbonyl (C=O) groups excluding carboxylic acids is 1. The lowest BCUT2D eigenvalue weighted by Crippen LogP contribution is -2.26. The Hall–Kier alpha value is -2.78. The van der Waals surface area contributed by atoms with Crippen LogP contribution < -0.4 is 9.62 Å². The molecule has 3 rings (SSSR count). The Balaban J connectivity index is 1.67. The van der Waals surface area contributed by atoms with Crippen LogP contribution in [0.3, 0.4) is 0 Å². The second kappa shape index (κ2) is 9.82. The van der Waals surface area contributed by atoms with Crippen molar-refractivity contribution in [2.24, 2.45) is 0 Å². The lowest BCUT2D eigenvalue weighted by atomic mass is 10.2. The molecule has 7 nitrogen and oxygen atoms in total. The topological polar surface area (TPSA) is 92.3 Å². The summed E-state index contributed by atoms with van der Waals surface area (Å²) in [7, 11) is -2.22. The SMILES string of the molecule is CCCCCc1nnc(NC(=O)c2ccc(S(=O)(=O)N(C)c3ccccc3)cc2)s1. The van der Waals surface area contributed by atoms with Gasteiger partial charge in [0.1, 0.15) is 5.01 Å². The average Bonchev–Trinajstić information content (AvgIpc) is 3.21. The molecule has 0 aliphatic rings. The van der Waals surface area contributed by atoms with Crippen LogP contribution in [-0.4, -0.2) is 31.6 Å². The fourth-order valence-electron chi connectivity index (χ4n) is 2.81. The number of aryl methyl sites for hydroxylation is 1. The molecule has 2 aromatic carbocycles. The number of aromatic nitrogens is 2. The summed E-state index contributed by atoms with van der Waals surface area (Å²) in [5.74, 6) is -0.355. The molecule has 1 aromatic heterocycles. The maximum absolute atomic E-state index is 12.8. The summed E-state index contributed by atoms with van der Waals surface area (Å²) in [6.45, 7) is 2.14. The van der Waals surface area contributed by atoms with Gasteiger partial charge in [-0.05, 0) is 42.8 Å². The summed E-state index contributed by atoms with van der Waals surface area (Å²) in [4.78, 5) is 12.6. The largest absolute Gasteiger partial charge is 0.296 e. The van der Waals surface area contributed by atoms with E-state index in [2.05, 4.69) is 22.4 Å². The van der Waals surface area contributed by atoms with Crippen LogP contribution in [0.5, 0.6) is 0 Å². The Morgan fingerprint density at radius 1 is 1.03 bits per heavy atom. The van der Waals surface area contributed by atoms with Crippen molar-refractivity contribution in [1.82, 2.24) is 10.2 Å². The first-order valence-corrected chi connectivity index (χ1v) is 11.9. The van der Waals surface area contributed by atoms with E-state index in [0.717, 1.165) is 30.7 Å². The van der Waals surface area contributed by atoms with Gasteiger partial charge in [-0.1, -0.05) is 49.3 Å². The summed E-state index contributed by atoms with van der Waals surface area (Å²) in [5.41, 5.74) is 0.907. The zero-order valence-corrected chi connectivity index (χ0v) is 18.5. The van der Waals surface area contributed by atoms with Gasteiger partial charge in [-0.15, -0.1) is 10.2 Å². The van der Waals surface area contributed by atoms with Gasteiger partial charge in [0.2, 0.25) is 5.13 Å². The normalized spacial score (nSPS) is 11.3. The molecule has 3 aromatic rings. The first-order chi connectivity index (χ1) is 14.4. The molecular weight excluding hydrogens is 420 g/mol. The quantitative estimate of drug-likeness (QED) is 0.496. The number of benzene rings is 2. The van der Waals surface area contributed by atoms with E-state index in [0.29, 0.717) is 16.4 Å². The molecule has 0 bridgehead atoms. The van der Waals surface area contributed by atoms with Crippen molar-refractivity contribution in [3.05, 3.63) is 65.2 Å². The van der Waals surface area contributed by atoms with E-state index in [1.54, 1.807) is 24.3 Å². The summed E-state index contributed by atoms with van der Waals surface area (Å²) >= 11 is 1.36. The molecule has 0 atom stereocenters. The molecule has 30 heavy (non-hydrogen) atoms. The molecule has 158 valence electrons. The molecule has 0 saturated carbocycles. The van der Waals surface area contributed by atoms with Crippen LogP contribution in [0.15, 0.2) is 59.5 Å². The molecule has 0 spiro atoms. The van der Waals surface area contributed by atoms with Gasteiger partial charge >= 0.3 is 0 Å². The fraction of sp³-hybridized carbons (Fsp3) is 0.286. The van der Waals surface area contributed by atoms with Crippen LogP contribution in [0, 0.1) is 0 Å². The van der Waals surface area contributed by atoms with Crippen LogP contribution in [-0.2, 0) is 16.4 Å². The van der Waals surface area contributed by atoms with Gasteiger partial charge in [-0.2, -0.15) is 0 Å². The Morgan fingerprint density at radius 2 is 1.73 bits per heavy atom. The molecule has 0 aliphatic carbocycles. The van der Waals surface area contributed by atoms with Crippen molar-refractivity contribution in [1.29, 1.82) is 0 Å². The number of amides is 1. The van der Waals surface area contributed by atoms with Crippen LogP contribution in [0.4, 0.5) is 10.8 Å². The van der Waals surface area contributed by atoms with Crippen LogP contribution >= 0.6 is 11.3 Å². The van der Waals surface area contributed by atoms with E-state index in [4.69, 9.17) is 0 Å². The molecule has 0 aliphatic heterocycles. The Labute approximate surface area is 180 Å². The van der Waals surface area contributed by atoms with E-state index < -0.39 is 10.0 Å². The van der Waals surface area contributed by atoms with E-state index in [-0.39, 0.29) is 10.8 Å². The summed E-state index contributed by atoms with van der Waals surface area (Å²) in [5, 5.41) is 12.2. The van der Waals surface area contributed by atoms with Gasteiger partial charge in [0, 0.05) is 19.0 Å². The summed E-state index contributed by atoms with van der Waals surface area (Å²) in [6.07, 6.45) is 4.17. The smallest absolute Gasteiger partial charge is 0.264 e. The molecule has 9 heteroatoms. The van der Waals surface area contributed by atoms with Crippen molar-refractivity contribution >= 4 is 38.1 Å². The van der Waals surface area contributed by atoms with E-state index in [1.807, 2.05) is 6.07 Å². The first kappa shape index (κ1) is 21.9. The minimum atomic E-state index is -3.72. The number of nitrogens with one attached hydrogen (secondary N) is 1. The first-order valence-electron chi connectivity index (χ1n) is 9.69. The molecule has 0 radical (unpaired) electrons. The van der Waals surface area contributed by atoms with E-state index in [9.17, 15) is 13.2 Å². The highest BCUT2D eigenvalue weighted by Crippen LogP contribution is 2.23. The minimum Gasteiger partial charge on any atom is -0.296 e. The van der Waals surface area contributed by atoms with Crippen molar-refractivity contribution < 1.29 is 13.2 Å². The zero-order valence-electron chi connectivity index (χ0n) is 16.9. The monoisotopic (exact) mass is 444 g/mol. The van der Waals surface area contributed by atoms with Gasteiger partial charge in [-0.3, -0.25) is 14.4 Å². The number of sulfonamides is 1. The molecule has 0 saturated heterocycles. The highest BCUT2D eigenvalue weighted by Gasteiger charge is 2.21. The number of nitrogens with zero attached hydrogens (tertiary/aromatic N) is 3. The van der Waals surface area contributed by atoms with Crippen molar-refractivity contribution in [3.8, 4) is 0 Å². The third-order valence-corrected chi connectivity index (χ3v) is 7.27. The van der Waals surface area contributed by atoms with Crippen molar-refractivity contribution in [2.75, 3.05) is 16.7 Å². The van der Waals surface area contributed by atoms with E-state index in [1.165, 1.54) is 47.0 Å². The number of unbranched alkanes of at least 4 members (excludes halogenated alkanes) is 2. The van der Waals surface area contributed by atoms with Crippen LogP contribution in [0.25, 0.3) is 0 Å². The maximum atomic E-state index is 12.8. The Kier molecular flexibility index (Phi) is 7.17. The van der Waals surface area contributed by atoms with Gasteiger partial charge in [0.15, 0.2) is 0 Å². The van der Waals surface area contributed by atoms with Crippen LogP contribution in [0.1, 0.15) is 41.6 Å². The molecule has 1 amide bonds. The molecule has 1 heterocycles. The third-order valence-electron chi connectivity index (χ3n) is 4.58. The maximum Gasteiger partial charge on any atom is 0.264 e. The predicted molar refractivity (Wildman–Crippen MR) is 120 cm³/mol. The van der Waals surface area contributed by atoms with Gasteiger partial charge in [-0.25, -0.2) is 8.42 Å². The zero-order chi connectivity index (χ0) is 21.6. The number of rotatable bonds is 9. The Bertz CT molecular complexity index is 1080. The lowest BCUT2D eigenvalue weighted by Gasteiger charge is -2.19. The molecular formula is C21H24N4O3S2. The number of para-hydroxylation sites is 1. The van der Waals surface area contributed by atoms with E-state index >= 15 is 0 Å². The molecule has 1 N–H and O–H groups in total. The van der Waals surface area contributed by atoms with Crippen molar-refractivity contribution in [3.63, 3.8) is 0 Å².